The van der Waals surface area contributed by atoms with Crippen molar-refractivity contribution in [2.24, 2.45) is 5.41 Å². The Balaban J connectivity index is 1.32. The molecule has 1 aromatic rings. The largest absolute Gasteiger partial charge is 0.495 e. The van der Waals surface area contributed by atoms with Crippen LogP contribution in [0.15, 0.2) is 24.3 Å². The summed E-state index contributed by atoms with van der Waals surface area (Å²) in [5.41, 5.74) is 1.43. The van der Waals surface area contributed by atoms with Crippen molar-refractivity contribution in [3.05, 3.63) is 24.3 Å². The Kier molecular flexibility index (Phi) is 6.30. The van der Waals surface area contributed by atoms with Crippen molar-refractivity contribution in [1.29, 1.82) is 0 Å². The Bertz CT molecular complexity index is 696. The van der Waals surface area contributed by atoms with Gasteiger partial charge in [0, 0.05) is 39.1 Å². The van der Waals surface area contributed by atoms with Gasteiger partial charge in [-0.25, -0.2) is 5.06 Å². The molecule has 0 N–H and O–H groups in total. The number of methoxy groups -OCH3 is 1. The number of hydrogen-bond acceptors (Lipinski definition) is 5. The molecular weight excluding hydrogens is 366 g/mol. The number of para-hydroxylation sites is 2. The zero-order valence-corrected chi connectivity index (χ0v) is 17.9. The molecule has 29 heavy (non-hydrogen) atoms. The highest BCUT2D eigenvalue weighted by molar-refractivity contribution is 5.76. The second-order valence-corrected chi connectivity index (χ2v) is 8.79. The first kappa shape index (κ1) is 20.5. The number of amides is 1. The van der Waals surface area contributed by atoms with Crippen LogP contribution in [-0.4, -0.2) is 61.9 Å². The summed E-state index contributed by atoms with van der Waals surface area (Å²) >= 11 is 0. The van der Waals surface area contributed by atoms with Gasteiger partial charge in [-0.1, -0.05) is 31.9 Å². The highest BCUT2D eigenvalue weighted by Crippen LogP contribution is 2.46. The van der Waals surface area contributed by atoms with E-state index >= 15 is 0 Å². The Hall–Kier alpha value is -1.79. The molecule has 0 radical (unpaired) electrons. The smallest absolute Gasteiger partial charge is 0.246 e. The van der Waals surface area contributed by atoms with Gasteiger partial charge in [0.1, 0.15) is 12.0 Å². The predicted molar refractivity (Wildman–Crippen MR) is 114 cm³/mol. The quantitative estimate of drug-likeness (QED) is 0.728. The maximum atomic E-state index is 12.8. The van der Waals surface area contributed by atoms with Gasteiger partial charge in [0.2, 0.25) is 5.91 Å². The number of nitrogens with zero attached hydrogens (tertiary/aromatic N) is 3. The molecule has 2 heterocycles. The van der Waals surface area contributed by atoms with Crippen molar-refractivity contribution < 1.29 is 14.4 Å². The van der Waals surface area contributed by atoms with Crippen molar-refractivity contribution in [2.45, 2.75) is 58.1 Å². The third-order valence-electron chi connectivity index (χ3n) is 7.06. The maximum Gasteiger partial charge on any atom is 0.246 e. The van der Waals surface area contributed by atoms with Crippen LogP contribution < -0.4 is 9.64 Å². The highest BCUT2D eigenvalue weighted by atomic mass is 16.7. The van der Waals surface area contributed by atoms with Crippen LogP contribution in [0.4, 0.5) is 5.69 Å². The van der Waals surface area contributed by atoms with Gasteiger partial charge in [0.25, 0.3) is 0 Å². The summed E-state index contributed by atoms with van der Waals surface area (Å²) in [7, 11) is 1.72. The van der Waals surface area contributed by atoms with Crippen molar-refractivity contribution in [3.8, 4) is 5.75 Å². The van der Waals surface area contributed by atoms with E-state index in [9.17, 15) is 4.79 Å². The van der Waals surface area contributed by atoms with Crippen LogP contribution >= 0.6 is 0 Å². The van der Waals surface area contributed by atoms with Gasteiger partial charge in [-0.15, -0.1) is 0 Å². The summed E-state index contributed by atoms with van der Waals surface area (Å²) in [6.45, 7) is 6.58. The van der Waals surface area contributed by atoms with Gasteiger partial charge in [-0.3, -0.25) is 14.5 Å². The van der Waals surface area contributed by atoms with Crippen molar-refractivity contribution in [2.75, 3.05) is 44.7 Å². The number of carbonyl (C=O) groups is 1. The predicted octanol–water partition coefficient (Wildman–Crippen LogP) is 3.67. The SMILES string of the molecule is CCC(ON1CCC2(CCCC2)CC1=O)N1CCN(c2ccccc2OC)CC1. The van der Waals surface area contributed by atoms with Gasteiger partial charge in [-0.2, -0.15) is 0 Å². The lowest BCUT2D eigenvalue weighted by molar-refractivity contribution is -0.246. The van der Waals surface area contributed by atoms with Gasteiger partial charge >= 0.3 is 0 Å². The average molecular weight is 402 g/mol. The summed E-state index contributed by atoms with van der Waals surface area (Å²) in [6.07, 6.45) is 7.61. The minimum absolute atomic E-state index is 0.0311. The van der Waals surface area contributed by atoms with E-state index in [4.69, 9.17) is 9.57 Å². The molecule has 1 unspecified atom stereocenters. The van der Waals surface area contributed by atoms with Crippen LogP contribution in [-0.2, 0) is 9.63 Å². The van der Waals surface area contributed by atoms with Gasteiger partial charge in [-0.05, 0) is 43.2 Å². The minimum Gasteiger partial charge on any atom is -0.495 e. The van der Waals surface area contributed by atoms with Gasteiger partial charge in [0.05, 0.1) is 12.8 Å². The fourth-order valence-corrected chi connectivity index (χ4v) is 5.31. The molecule has 0 aromatic heterocycles. The van der Waals surface area contributed by atoms with Crippen molar-refractivity contribution >= 4 is 11.6 Å². The molecule has 1 spiro atoms. The molecule has 1 atom stereocenters. The molecule has 6 heteroatoms. The van der Waals surface area contributed by atoms with E-state index in [1.807, 2.05) is 12.1 Å². The number of piperazine rings is 1. The van der Waals surface area contributed by atoms with Crippen LogP contribution in [0.5, 0.6) is 5.75 Å². The van der Waals surface area contributed by atoms with Crippen LogP contribution in [0.3, 0.4) is 0 Å². The fourth-order valence-electron chi connectivity index (χ4n) is 5.31. The summed E-state index contributed by atoms with van der Waals surface area (Å²) in [5.74, 6) is 1.10. The third-order valence-corrected chi connectivity index (χ3v) is 7.06. The molecular formula is C23H35N3O3. The van der Waals surface area contributed by atoms with Gasteiger partial charge in [0.15, 0.2) is 0 Å². The number of rotatable bonds is 6. The monoisotopic (exact) mass is 401 g/mol. The number of anilines is 1. The molecule has 160 valence electrons. The number of hydroxylamine groups is 2. The van der Waals surface area contributed by atoms with E-state index in [-0.39, 0.29) is 17.6 Å². The van der Waals surface area contributed by atoms with Crippen LogP contribution in [0.1, 0.15) is 51.9 Å². The first-order chi connectivity index (χ1) is 14.1. The van der Waals surface area contributed by atoms with Crippen LogP contribution in [0.2, 0.25) is 0 Å². The van der Waals surface area contributed by atoms with E-state index in [0.717, 1.165) is 57.0 Å². The second kappa shape index (κ2) is 8.92. The van der Waals surface area contributed by atoms with E-state index in [2.05, 4.69) is 28.9 Å². The fraction of sp³-hybridized carbons (Fsp3) is 0.696. The molecule has 1 saturated carbocycles. The lowest BCUT2D eigenvalue weighted by Gasteiger charge is -2.43. The molecule has 1 amide bonds. The number of carbonyl (C=O) groups excluding carboxylic acids is 1. The minimum atomic E-state index is -0.0311. The number of hydrogen-bond donors (Lipinski definition) is 0. The standard InChI is InChI=1S/C23H35N3O3/c1-3-22(29-26-13-12-23(18-21(26)27)10-6-7-11-23)25-16-14-24(15-17-25)19-8-4-5-9-20(19)28-2/h4-5,8-9,22H,3,6-7,10-18H2,1-2H3. The summed E-state index contributed by atoms with van der Waals surface area (Å²) in [6, 6.07) is 8.19. The van der Waals surface area contributed by atoms with Crippen molar-refractivity contribution in [3.63, 3.8) is 0 Å². The first-order valence-corrected chi connectivity index (χ1v) is 11.2. The Morgan fingerprint density at radius 2 is 1.76 bits per heavy atom. The zero-order chi connectivity index (χ0) is 20.3. The highest BCUT2D eigenvalue weighted by Gasteiger charge is 2.42. The molecule has 4 rings (SSSR count). The summed E-state index contributed by atoms with van der Waals surface area (Å²) in [4.78, 5) is 23.8. The normalized spacial score (nSPS) is 23.6. The van der Waals surface area contributed by atoms with E-state index < -0.39 is 0 Å². The maximum absolute atomic E-state index is 12.8. The average Bonchev–Trinajstić information content (AvgIpc) is 3.21. The lowest BCUT2D eigenvalue weighted by Crippen LogP contribution is -2.54. The van der Waals surface area contributed by atoms with E-state index in [1.54, 1.807) is 12.2 Å². The molecule has 0 bridgehead atoms. The van der Waals surface area contributed by atoms with Crippen molar-refractivity contribution in [1.82, 2.24) is 9.96 Å². The topological polar surface area (TPSA) is 45.2 Å². The first-order valence-electron chi connectivity index (χ1n) is 11.2. The molecule has 2 saturated heterocycles. The molecule has 3 fully saturated rings. The molecule has 6 nitrogen and oxygen atoms in total. The number of benzene rings is 1. The molecule has 2 aliphatic heterocycles. The molecule has 1 aromatic carbocycles. The van der Waals surface area contributed by atoms with Crippen LogP contribution in [0.25, 0.3) is 0 Å². The Labute approximate surface area is 174 Å². The molecule has 3 aliphatic rings. The lowest BCUT2D eigenvalue weighted by atomic mass is 9.77. The third kappa shape index (κ3) is 4.38. The van der Waals surface area contributed by atoms with E-state index in [1.165, 1.54) is 25.7 Å². The van der Waals surface area contributed by atoms with Crippen LogP contribution in [0, 0.1) is 5.41 Å². The number of ether oxygens (including phenoxy) is 1. The number of piperidine rings is 1. The summed E-state index contributed by atoms with van der Waals surface area (Å²) in [5, 5.41) is 1.67. The van der Waals surface area contributed by atoms with Gasteiger partial charge < -0.3 is 9.64 Å². The second-order valence-electron chi connectivity index (χ2n) is 8.79. The Morgan fingerprint density at radius 3 is 2.41 bits per heavy atom. The molecule has 1 aliphatic carbocycles. The Morgan fingerprint density at radius 1 is 1.03 bits per heavy atom. The zero-order valence-electron chi connectivity index (χ0n) is 17.9. The van der Waals surface area contributed by atoms with E-state index in [0.29, 0.717) is 6.42 Å². The summed E-state index contributed by atoms with van der Waals surface area (Å²) < 4.78 is 5.52.